The molecule has 1 spiro atoms. The third-order valence-corrected chi connectivity index (χ3v) is 5.18. The van der Waals surface area contributed by atoms with Crippen molar-refractivity contribution in [1.82, 2.24) is 19.9 Å². The van der Waals surface area contributed by atoms with E-state index in [4.69, 9.17) is 4.74 Å². The van der Waals surface area contributed by atoms with Crippen molar-refractivity contribution >= 4 is 5.95 Å². The fraction of sp³-hybridized carbons (Fsp3) is 0.526. The summed E-state index contributed by atoms with van der Waals surface area (Å²) in [7, 11) is 0. The van der Waals surface area contributed by atoms with Gasteiger partial charge in [0, 0.05) is 37.8 Å². The number of piperidine rings is 1. The van der Waals surface area contributed by atoms with E-state index in [2.05, 4.69) is 30.8 Å². The van der Waals surface area contributed by atoms with Crippen molar-refractivity contribution in [2.24, 2.45) is 5.41 Å². The van der Waals surface area contributed by atoms with Crippen LogP contribution < -0.4 is 4.90 Å². The van der Waals surface area contributed by atoms with Crippen LogP contribution in [0.2, 0.25) is 0 Å². The van der Waals surface area contributed by atoms with Crippen LogP contribution in [0.15, 0.2) is 36.8 Å². The minimum atomic E-state index is -0.409. The van der Waals surface area contributed by atoms with Gasteiger partial charge in [-0.2, -0.15) is 0 Å². The molecule has 0 aromatic carbocycles. The molecule has 0 aliphatic carbocycles. The van der Waals surface area contributed by atoms with Gasteiger partial charge in [-0.1, -0.05) is 6.07 Å². The van der Waals surface area contributed by atoms with Gasteiger partial charge >= 0.3 is 0 Å². The predicted molar refractivity (Wildman–Crippen MR) is 96.2 cm³/mol. The Morgan fingerprint density at radius 3 is 2.81 bits per heavy atom. The van der Waals surface area contributed by atoms with Gasteiger partial charge in [0.1, 0.15) is 0 Å². The van der Waals surface area contributed by atoms with Crippen molar-refractivity contribution in [2.75, 3.05) is 44.3 Å². The Labute approximate surface area is 153 Å². The number of hydrogen-bond donors (Lipinski definition) is 0. The first-order chi connectivity index (χ1) is 12.7. The van der Waals surface area contributed by atoms with Crippen LogP contribution in [0.3, 0.4) is 0 Å². The largest absolute Gasteiger partial charge is 0.379 e. The van der Waals surface area contributed by atoms with Gasteiger partial charge in [-0.05, 0) is 31.5 Å². The van der Waals surface area contributed by atoms with E-state index in [9.17, 15) is 4.39 Å². The number of nitrogens with zero attached hydrogens (tertiary/aromatic N) is 5. The van der Waals surface area contributed by atoms with Gasteiger partial charge in [-0.3, -0.25) is 9.88 Å². The Bertz CT molecular complexity index is 714. The highest BCUT2D eigenvalue weighted by Crippen LogP contribution is 2.34. The smallest absolute Gasteiger partial charge is 0.225 e. The molecule has 138 valence electrons. The van der Waals surface area contributed by atoms with E-state index in [1.807, 2.05) is 18.3 Å². The summed E-state index contributed by atoms with van der Waals surface area (Å²) in [6.45, 7) is 5.83. The summed E-state index contributed by atoms with van der Waals surface area (Å²) in [4.78, 5) is 17.4. The quantitative estimate of drug-likeness (QED) is 0.839. The first-order valence-electron chi connectivity index (χ1n) is 9.15. The van der Waals surface area contributed by atoms with E-state index in [0.29, 0.717) is 12.6 Å². The second kappa shape index (κ2) is 7.63. The highest BCUT2D eigenvalue weighted by molar-refractivity contribution is 5.30. The SMILES string of the molecule is Fc1cnc(N2CCOCC3(CCCN(Cc4ccccn4)C3)C2)nc1. The third kappa shape index (κ3) is 3.99. The van der Waals surface area contributed by atoms with E-state index < -0.39 is 5.82 Å². The number of hydrogen-bond acceptors (Lipinski definition) is 6. The molecule has 1 unspecified atom stereocenters. The molecule has 0 N–H and O–H groups in total. The van der Waals surface area contributed by atoms with Crippen LogP contribution in [0.4, 0.5) is 10.3 Å². The molecule has 0 bridgehead atoms. The maximum Gasteiger partial charge on any atom is 0.225 e. The topological polar surface area (TPSA) is 54.4 Å². The zero-order valence-electron chi connectivity index (χ0n) is 14.9. The molecule has 2 aliphatic heterocycles. The lowest BCUT2D eigenvalue weighted by Crippen LogP contribution is -2.50. The number of rotatable bonds is 3. The normalized spacial score (nSPS) is 24.6. The Kier molecular flexibility index (Phi) is 5.08. The van der Waals surface area contributed by atoms with Crippen molar-refractivity contribution in [3.05, 3.63) is 48.3 Å². The first kappa shape index (κ1) is 17.3. The van der Waals surface area contributed by atoms with Crippen molar-refractivity contribution in [1.29, 1.82) is 0 Å². The molecule has 7 heteroatoms. The molecule has 0 saturated carbocycles. The molecule has 2 aromatic rings. The molecule has 1 atom stereocenters. The summed E-state index contributed by atoms with van der Waals surface area (Å²) in [5.41, 5.74) is 1.14. The van der Waals surface area contributed by atoms with E-state index in [0.717, 1.165) is 57.9 Å². The summed E-state index contributed by atoms with van der Waals surface area (Å²) in [5.74, 6) is 0.173. The summed E-state index contributed by atoms with van der Waals surface area (Å²) >= 11 is 0. The van der Waals surface area contributed by atoms with Crippen molar-refractivity contribution in [2.45, 2.75) is 19.4 Å². The van der Waals surface area contributed by atoms with Gasteiger partial charge in [0.2, 0.25) is 5.95 Å². The average molecular weight is 357 g/mol. The van der Waals surface area contributed by atoms with E-state index in [1.54, 1.807) is 0 Å². The third-order valence-electron chi connectivity index (χ3n) is 5.18. The van der Waals surface area contributed by atoms with Crippen LogP contribution in [0, 0.1) is 11.2 Å². The summed E-state index contributed by atoms with van der Waals surface area (Å²) < 4.78 is 19.1. The highest BCUT2D eigenvalue weighted by atomic mass is 19.1. The average Bonchev–Trinajstić information content (AvgIpc) is 2.86. The van der Waals surface area contributed by atoms with E-state index >= 15 is 0 Å². The van der Waals surface area contributed by atoms with Crippen molar-refractivity contribution < 1.29 is 9.13 Å². The minimum absolute atomic E-state index is 0.0429. The second-order valence-electron chi connectivity index (χ2n) is 7.31. The number of ether oxygens (including phenoxy) is 1. The number of halogens is 1. The molecule has 2 aromatic heterocycles. The molecule has 4 rings (SSSR count). The summed E-state index contributed by atoms with van der Waals surface area (Å²) in [6, 6.07) is 6.05. The van der Waals surface area contributed by atoms with E-state index in [-0.39, 0.29) is 5.41 Å². The summed E-state index contributed by atoms with van der Waals surface area (Å²) in [5, 5.41) is 0. The molecule has 4 heterocycles. The van der Waals surface area contributed by atoms with Crippen molar-refractivity contribution in [3.8, 4) is 0 Å². The first-order valence-corrected chi connectivity index (χ1v) is 9.15. The maximum absolute atomic E-state index is 13.2. The molecule has 2 aliphatic rings. The lowest BCUT2D eigenvalue weighted by atomic mass is 9.80. The molecular weight excluding hydrogens is 333 g/mol. The monoisotopic (exact) mass is 357 g/mol. The number of anilines is 1. The van der Waals surface area contributed by atoms with Crippen LogP contribution in [-0.4, -0.2) is 59.2 Å². The Morgan fingerprint density at radius 2 is 2.00 bits per heavy atom. The number of pyridine rings is 1. The minimum Gasteiger partial charge on any atom is -0.379 e. The molecule has 26 heavy (non-hydrogen) atoms. The fourth-order valence-electron chi connectivity index (χ4n) is 4.05. The molecule has 0 radical (unpaired) electrons. The predicted octanol–water partition coefficient (Wildman–Crippen LogP) is 2.13. The van der Waals surface area contributed by atoms with Crippen molar-refractivity contribution in [3.63, 3.8) is 0 Å². The highest BCUT2D eigenvalue weighted by Gasteiger charge is 2.39. The molecular formula is C19H24FN5O. The molecule has 2 fully saturated rings. The van der Waals surface area contributed by atoms with Gasteiger partial charge in [0.25, 0.3) is 0 Å². The van der Waals surface area contributed by atoms with Crippen LogP contribution in [0.25, 0.3) is 0 Å². The summed E-state index contributed by atoms with van der Waals surface area (Å²) in [6.07, 6.45) is 6.55. The zero-order chi connectivity index (χ0) is 17.8. The lowest BCUT2D eigenvalue weighted by molar-refractivity contribution is 0.0103. The Balaban J connectivity index is 1.49. The zero-order valence-corrected chi connectivity index (χ0v) is 14.9. The van der Waals surface area contributed by atoms with Crippen LogP contribution in [-0.2, 0) is 11.3 Å². The van der Waals surface area contributed by atoms with Gasteiger partial charge in [0.15, 0.2) is 5.82 Å². The standard InChI is InChI=1S/C19H24FN5O/c20-16-10-22-18(23-11-16)25-8-9-26-15-19(14-25)5-3-7-24(13-19)12-17-4-1-2-6-21-17/h1-2,4,6,10-11H,3,5,7-9,12-15H2. The van der Waals surface area contributed by atoms with Gasteiger partial charge in [0.05, 0.1) is 31.3 Å². The van der Waals surface area contributed by atoms with Crippen LogP contribution >= 0.6 is 0 Å². The lowest BCUT2D eigenvalue weighted by Gasteiger charge is -2.43. The Morgan fingerprint density at radius 1 is 1.12 bits per heavy atom. The molecule has 6 nitrogen and oxygen atoms in total. The van der Waals surface area contributed by atoms with E-state index in [1.165, 1.54) is 12.4 Å². The number of aromatic nitrogens is 3. The Hall–Kier alpha value is -2.12. The number of likely N-dealkylation sites (tertiary alicyclic amines) is 1. The molecule has 2 saturated heterocycles. The second-order valence-corrected chi connectivity index (χ2v) is 7.31. The molecule has 0 amide bonds. The van der Waals surface area contributed by atoms with Gasteiger partial charge < -0.3 is 9.64 Å². The fourth-order valence-corrected chi connectivity index (χ4v) is 4.05. The van der Waals surface area contributed by atoms with Crippen LogP contribution in [0.5, 0.6) is 0 Å². The van der Waals surface area contributed by atoms with Crippen LogP contribution in [0.1, 0.15) is 18.5 Å². The maximum atomic E-state index is 13.2. The van der Waals surface area contributed by atoms with Gasteiger partial charge in [-0.25, -0.2) is 14.4 Å². The van der Waals surface area contributed by atoms with Gasteiger partial charge in [-0.15, -0.1) is 0 Å².